The van der Waals surface area contributed by atoms with Gasteiger partial charge in [-0.1, -0.05) is 11.8 Å². The van der Waals surface area contributed by atoms with E-state index in [1.54, 1.807) is 18.2 Å². The Morgan fingerprint density at radius 3 is 2.71 bits per heavy atom. The molecule has 0 saturated heterocycles. The number of nitrogens with zero attached hydrogens (tertiary/aromatic N) is 1. The van der Waals surface area contributed by atoms with Crippen LogP contribution in [0.5, 0.6) is 0 Å². The van der Waals surface area contributed by atoms with Gasteiger partial charge in [-0.2, -0.15) is 0 Å². The molecule has 0 bridgehead atoms. The zero-order valence-corrected chi connectivity index (χ0v) is 14.3. The van der Waals surface area contributed by atoms with Crippen LogP contribution in [0.3, 0.4) is 0 Å². The zero-order chi connectivity index (χ0) is 17.4. The summed E-state index contributed by atoms with van der Waals surface area (Å²) in [5.74, 6) is -0.213. The number of hydrogen-bond donors (Lipinski definition) is 0. The molecule has 0 aliphatic rings. The number of ketones is 1. The first-order valence-electron chi connectivity index (χ1n) is 6.86. The summed E-state index contributed by atoms with van der Waals surface area (Å²) in [6.45, 7) is 3.19. The van der Waals surface area contributed by atoms with E-state index in [-0.39, 0.29) is 11.5 Å². The Balaban J connectivity index is 2.05. The average Bonchev–Trinajstić information content (AvgIpc) is 2.91. The lowest BCUT2D eigenvalue weighted by Gasteiger charge is -2.03. The van der Waals surface area contributed by atoms with Crippen molar-refractivity contribution in [1.82, 2.24) is 0 Å². The van der Waals surface area contributed by atoms with E-state index >= 15 is 0 Å². The Morgan fingerprint density at radius 2 is 2.04 bits per heavy atom. The Hall–Kier alpha value is -2.45. The fourth-order valence-corrected chi connectivity index (χ4v) is 4.45. The molecule has 6 nitrogen and oxygen atoms in total. The molecule has 0 aliphatic heterocycles. The number of thiophene rings is 1. The second-order valence-corrected chi connectivity index (χ2v) is 7.50. The molecule has 2 heterocycles. The molecule has 0 aliphatic carbocycles. The molecule has 0 spiro atoms. The van der Waals surface area contributed by atoms with Gasteiger partial charge in [-0.25, -0.2) is 4.79 Å². The van der Waals surface area contributed by atoms with Crippen LogP contribution in [-0.2, 0) is 0 Å². The molecular formula is C16H11NO5S2. The van der Waals surface area contributed by atoms with Crippen LogP contribution in [0.4, 0.5) is 5.69 Å². The zero-order valence-electron chi connectivity index (χ0n) is 12.7. The maximum atomic E-state index is 11.5. The lowest BCUT2D eigenvalue weighted by atomic mass is 10.1. The van der Waals surface area contributed by atoms with Crippen molar-refractivity contribution < 1.29 is 14.1 Å². The summed E-state index contributed by atoms with van der Waals surface area (Å²) in [5.41, 5.74) is 0.693. The second kappa shape index (κ2) is 6.21. The van der Waals surface area contributed by atoms with Crippen molar-refractivity contribution in [3.05, 3.63) is 61.3 Å². The highest BCUT2D eigenvalue weighted by atomic mass is 32.2. The second-order valence-electron chi connectivity index (χ2n) is 5.11. The molecule has 2 aromatic heterocycles. The topological polar surface area (TPSA) is 90.4 Å². The number of benzene rings is 1. The van der Waals surface area contributed by atoms with E-state index < -0.39 is 10.5 Å². The largest absolute Gasteiger partial charge is 0.423 e. The number of carbonyl (C=O) groups excluding carboxylic acids is 1. The maximum absolute atomic E-state index is 11.5. The molecule has 3 rings (SSSR count). The number of aryl methyl sites for hydroxylation is 1. The van der Waals surface area contributed by atoms with Crippen LogP contribution in [0.25, 0.3) is 11.0 Å². The third-order valence-electron chi connectivity index (χ3n) is 3.36. The Kier molecular flexibility index (Phi) is 4.25. The summed E-state index contributed by atoms with van der Waals surface area (Å²) < 4.78 is 5.60. The molecule has 1 aromatic carbocycles. The number of hydrogen-bond acceptors (Lipinski definition) is 7. The normalized spacial score (nSPS) is 10.9. The molecule has 0 fully saturated rings. The average molecular weight is 361 g/mol. The number of nitro groups is 1. The first-order valence-corrected chi connectivity index (χ1v) is 8.50. The summed E-state index contributed by atoms with van der Waals surface area (Å²) >= 11 is 2.25. The van der Waals surface area contributed by atoms with Crippen LogP contribution in [-0.4, -0.2) is 10.7 Å². The molecule has 3 aromatic rings. The molecule has 0 radical (unpaired) electrons. The molecule has 8 heteroatoms. The molecule has 0 amide bonds. The van der Waals surface area contributed by atoms with E-state index in [2.05, 4.69) is 0 Å². The van der Waals surface area contributed by atoms with E-state index in [9.17, 15) is 19.7 Å². The highest BCUT2D eigenvalue weighted by Gasteiger charge is 2.22. The highest BCUT2D eigenvalue weighted by Crippen LogP contribution is 2.42. The van der Waals surface area contributed by atoms with Crippen LogP contribution in [0.1, 0.15) is 22.2 Å². The summed E-state index contributed by atoms with van der Waals surface area (Å²) in [6, 6.07) is 7.99. The first kappa shape index (κ1) is 16.4. The fourth-order valence-electron chi connectivity index (χ4n) is 2.21. The SMILES string of the molecule is CC(=O)c1cc([N+](=O)[O-])c(Sc2ccc3c(C)cc(=O)oc3c2)s1. The van der Waals surface area contributed by atoms with Gasteiger partial charge in [0.2, 0.25) is 0 Å². The van der Waals surface area contributed by atoms with Gasteiger partial charge in [-0.05, 0) is 37.6 Å². The van der Waals surface area contributed by atoms with Crippen molar-refractivity contribution in [2.24, 2.45) is 0 Å². The smallest absolute Gasteiger partial charge is 0.336 e. The first-order chi connectivity index (χ1) is 11.3. The van der Waals surface area contributed by atoms with Crippen LogP contribution >= 0.6 is 23.1 Å². The number of rotatable bonds is 4. The summed E-state index contributed by atoms with van der Waals surface area (Å²) in [6.07, 6.45) is 0. The summed E-state index contributed by atoms with van der Waals surface area (Å²) in [5, 5.41) is 12.0. The quantitative estimate of drug-likeness (QED) is 0.296. The van der Waals surface area contributed by atoms with Gasteiger partial charge in [-0.3, -0.25) is 14.9 Å². The van der Waals surface area contributed by atoms with Gasteiger partial charge in [0.15, 0.2) is 5.78 Å². The van der Waals surface area contributed by atoms with Crippen LogP contribution in [0.2, 0.25) is 0 Å². The van der Waals surface area contributed by atoms with Gasteiger partial charge in [0.25, 0.3) is 5.69 Å². The van der Waals surface area contributed by atoms with Crippen molar-refractivity contribution >= 4 is 45.5 Å². The molecule has 122 valence electrons. The predicted octanol–water partition coefficient (Wildman–Crippen LogP) is 4.42. The fraction of sp³-hybridized carbons (Fsp3) is 0.125. The molecule has 0 N–H and O–H groups in total. The number of Topliss-reactive ketones (excluding diaryl/α,β-unsaturated/α-hetero) is 1. The van der Waals surface area contributed by atoms with Gasteiger partial charge in [-0.15, -0.1) is 11.3 Å². The van der Waals surface area contributed by atoms with E-state index in [0.29, 0.717) is 19.6 Å². The van der Waals surface area contributed by atoms with Gasteiger partial charge in [0.1, 0.15) is 9.79 Å². The third kappa shape index (κ3) is 3.10. The number of fused-ring (bicyclic) bond motifs is 1. The lowest BCUT2D eigenvalue weighted by Crippen LogP contribution is -1.97. The van der Waals surface area contributed by atoms with E-state index in [1.807, 2.05) is 6.92 Å². The van der Waals surface area contributed by atoms with Crippen molar-refractivity contribution in [3.8, 4) is 0 Å². The standard InChI is InChI=1S/C16H11NO5S2/c1-8-5-15(19)22-13-6-10(3-4-11(8)13)23-16-12(17(20)21)7-14(24-16)9(2)18/h3-7H,1-2H3. The third-order valence-corrected chi connectivity index (χ3v) is 5.76. The van der Waals surface area contributed by atoms with Crippen LogP contribution < -0.4 is 5.63 Å². The van der Waals surface area contributed by atoms with Gasteiger partial charge in [0.05, 0.1) is 9.80 Å². The lowest BCUT2D eigenvalue weighted by molar-refractivity contribution is -0.387. The minimum absolute atomic E-state index is 0.0963. The van der Waals surface area contributed by atoms with E-state index in [0.717, 1.165) is 22.3 Å². The van der Waals surface area contributed by atoms with Crippen LogP contribution in [0.15, 0.2) is 48.6 Å². The van der Waals surface area contributed by atoms with Gasteiger partial charge >= 0.3 is 5.63 Å². The monoisotopic (exact) mass is 361 g/mol. The highest BCUT2D eigenvalue weighted by molar-refractivity contribution is 8.01. The Labute approximate surface area is 144 Å². The molecule has 0 atom stereocenters. The Bertz CT molecular complexity index is 1030. The van der Waals surface area contributed by atoms with Gasteiger partial charge < -0.3 is 4.42 Å². The summed E-state index contributed by atoms with van der Waals surface area (Å²) in [7, 11) is 0. The van der Waals surface area contributed by atoms with Gasteiger partial charge in [0, 0.05) is 22.4 Å². The van der Waals surface area contributed by atoms with Crippen molar-refractivity contribution in [1.29, 1.82) is 0 Å². The molecule has 0 unspecified atom stereocenters. The van der Waals surface area contributed by atoms with Crippen LogP contribution in [0, 0.1) is 17.0 Å². The van der Waals surface area contributed by atoms with Crippen molar-refractivity contribution in [2.45, 2.75) is 23.0 Å². The summed E-state index contributed by atoms with van der Waals surface area (Å²) in [4.78, 5) is 34.7. The molecule has 0 saturated carbocycles. The molecule has 24 heavy (non-hydrogen) atoms. The predicted molar refractivity (Wildman–Crippen MR) is 92.3 cm³/mol. The number of carbonyl (C=O) groups is 1. The van der Waals surface area contributed by atoms with Crippen molar-refractivity contribution in [2.75, 3.05) is 0 Å². The maximum Gasteiger partial charge on any atom is 0.336 e. The Morgan fingerprint density at radius 1 is 1.29 bits per heavy atom. The van der Waals surface area contributed by atoms with Crippen molar-refractivity contribution in [3.63, 3.8) is 0 Å². The molecular weight excluding hydrogens is 350 g/mol. The minimum atomic E-state index is -0.503. The minimum Gasteiger partial charge on any atom is -0.423 e. The van der Waals surface area contributed by atoms with E-state index in [4.69, 9.17) is 4.42 Å². The van der Waals surface area contributed by atoms with E-state index in [1.165, 1.54) is 30.8 Å².